The Morgan fingerprint density at radius 3 is 2.33 bits per heavy atom. The molecule has 3 heteroatoms. The van der Waals surface area contributed by atoms with Crippen molar-refractivity contribution in [3.8, 4) is 0 Å². The Hall–Kier alpha value is -0.120. The molecule has 0 N–H and O–H groups in total. The van der Waals surface area contributed by atoms with Gasteiger partial charge in [-0.1, -0.05) is 0 Å². The second kappa shape index (κ2) is 3.32. The van der Waals surface area contributed by atoms with Gasteiger partial charge in [0.05, 0.1) is 24.9 Å². The summed E-state index contributed by atoms with van der Waals surface area (Å²) < 4.78 is 10.8. The van der Waals surface area contributed by atoms with Crippen LogP contribution < -0.4 is 0 Å². The van der Waals surface area contributed by atoms with Crippen LogP contribution in [0, 0.1) is 0 Å². The Balaban J connectivity index is 1.79. The first-order valence-electron chi connectivity index (χ1n) is 4.73. The summed E-state index contributed by atoms with van der Waals surface area (Å²) in [6, 6.07) is 0. The van der Waals surface area contributed by atoms with Crippen LogP contribution in [0.3, 0.4) is 0 Å². The van der Waals surface area contributed by atoms with Crippen molar-refractivity contribution >= 4 is 0 Å². The van der Waals surface area contributed by atoms with E-state index in [1.54, 1.807) is 0 Å². The van der Waals surface area contributed by atoms with Crippen LogP contribution in [0.5, 0.6) is 0 Å². The van der Waals surface area contributed by atoms with E-state index in [1.165, 1.54) is 0 Å². The van der Waals surface area contributed by atoms with Crippen molar-refractivity contribution in [2.75, 3.05) is 26.2 Å². The monoisotopic (exact) mass is 171 g/mol. The summed E-state index contributed by atoms with van der Waals surface area (Å²) in [5.74, 6) is 0. The quantitative estimate of drug-likeness (QED) is 0.565. The normalized spacial score (nSPS) is 43.0. The zero-order chi connectivity index (χ0) is 8.55. The van der Waals surface area contributed by atoms with E-state index in [0.29, 0.717) is 18.3 Å². The Morgan fingerprint density at radius 2 is 1.83 bits per heavy atom. The fraction of sp³-hybridized carbons (Fsp3) is 1.00. The van der Waals surface area contributed by atoms with Gasteiger partial charge in [-0.25, -0.2) is 0 Å². The first kappa shape index (κ1) is 8.48. The van der Waals surface area contributed by atoms with E-state index in [0.717, 1.165) is 26.2 Å². The number of hydrogen-bond acceptors (Lipinski definition) is 3. The number of morpholine rings is 1. The highest BCUT2D eigenvalue weighted by Crippen LogP contribution is 2.15. The molecule has 0 aromatic rings. The van der Waals surface area contributed by atoms with Crippen molar-refractivity contribution in [1.29, 1.82) is 0 Å². The summed E-state index contributed by atoms with van der Waals surface area (Å²) in [7, 11) is 0. The molecule has 3 atom stereocenters. The van der Waals surface area contributed by atoms with Crippen LogP contribution >= 0.6 is 0 Å². The fourth-order valence-corrected chi connectivity index (χ4v) is 1.89. The van der Waals surface area contributed by atoms with Crippen molar-refractivity contribution in [3.05, 3.63) is 0 Å². The van der Waals surface area contributed by atoms with Crippen LogP contribution in [0.25, 0.3) is 0 Å². The summed E-state index contributed by atoms with van der Waals surface area (Å²) >= 11 is 0. The van der Waals surface area contributed by atoms with Crippen LogP contribution in [-0.2, 0) is 9.47 Å². The van der Waals surface area contributed by atoms with Gasteiger partial charge in [0.15, 0.2) is 0 Å². The van der Waals surface area contributed by atoms with Crippen LogP contribution in [0.1, 0.15) is 13.8 Å². The Kier molecular flexibility index (Phi) is 2.35. The Morgan fingerprint density at radius 1 is 1.25 bits per heavy atom. The molecule has 0 saturated carbocycles. The van der Waals surface area contributed by atoms with Crippen molar-refractivity contribution in [2.45, 2.75) is 32.2 Å². The zero-order valence-corrected chi connectivity index (χ0v) is 7.82. The molecule has 2 saturated heterocycles. The van der Waals surface area contributed by atoms with Crippen LogP contribution in [0.4, 0.5) is 0 Å². The number of hydrogen-bond donors (Lipinski definition) is 0. The Bertz CT molecular complexity index is 146. The highest BCUT2D eigenvalue weighted by molar-refractivity contribution is 4.79. The lowest BCUT2D eigenvalue weighted by molar-refractivity contribution is -0.0690. The van der Waals surface area contributed by atoms with Gasteiger partial charge in [-0.05, 0) is 13.8 Å². The molecule has 0 bridgehead atoms. The average molecular weight is 171 g/mol. The van der Waals surface area contributed by atoms with Gasteiger partial charge in [0, 0.05) is 19.6 Å². The maximum Gasteiger partial charge on any atom is 0.0936 e. The Labute approximate surface area is 73.6 Å². The van der Waals surface area contributed by atoms with E-state index in [2.05, 4.69) is 18.7 Å². The van der Waals surface area contributed by atoms with Gasteiger partial charge in [-0.15, -0.1) is 0 Å². The lowest BCUT2D eigenvalue weighted by Gasteiger charge is -2.34. The minimum absolute atomic E-state index is 0.382. The number of rotatable bonds is 2. The minimum Gasteiger partial charge on any atom is -0.373 e. The van der Waals surface area contributed by atoms with E-state index in [1.807, 2.05) is 0 Å². The average Bonchev–Trinajstić information content (AvgIpc) is 2.68. The van der Waals surface area contributed by atoms with E-state index >= 15 is 0 Å². The molecule has 2 aliphatic rings. The number of nitrogens with zero attached hydrogens (tertiary/aromatic N) is 1. The lowest BCUT2D eigenvalue weighted by atomic mass is 10.2. The van der Waals surface area contributed by atoms with E-state index in [-0.39, 0.29) is 0 Å². The lowest BCUT2D eigenvalue weighted by Crippen LogP contribution is -2.46. The molecule has 70 valence electrons. The van der Waals surface area contributed by atoms with Gasteiger partial charge >= 0.3 is 0 Å². The second-order valence-corrected chi connectivity index (χ2v) is 3.93. The molecule has 2 fully saturated rings. The van der Waals surface area contributed by atoms with Gasteiger partial charge in [0.25, 0.3) is 0 Å². The van der Waals surface area contributed by atoms with Gasteiger partial charge in [-0.3, -0.25) is 4.90 Å². The van der Waals surface area contributed by atoms with E-state index in [4.69, 9.17) is 9.47 Å². The van der Waals surface area contributed by atoms with Gasteiger partial charge < -0.3 is 9.47 Å². The molecule has 0 aromatic carbocycles. The molecule has 2 aliphatic heterocycles. The molecule has 3 nitrogen and oxygen atoms in total. The molecular weight excluding hydrogens is 154 g/mol. The van der Waals surface area contributed by atoms with Crippen LogP contribution in [0.2, 0.25) is 0 Å². The molecule has 0 aliphatic carbocycles. The molecule has 0 radical (unpaired) electrons. The standard InChI is InChI=1S/C9H17NO2/c1-7-3-10(4-8(2)12-7)5-9-6-11-9/h7-9H,3-6H2,1-2H3/t7?,8?,9-/m1/s1. The van der Waals surface area contributed by atoms with Crippen molar-refractivity contribution < 1.29 is 9.47 Å². The molecule has 2 unspecified atom stereocenters. The predicted molar refractivity (Wildman–Crippen MR) is 46.2 cm³/mol. The summed E-state index contributed by atoms with van der Waals surface area (Å²) in [4.78, 5) is 2.44. The molecule has 12 heavy (non-hydrogen) atoms. The first-order chi connectivity index (χ1) is 5.74. The largest absolute Gasteiger partial charge is 0.373 e. The maximum absolute atomic E-state index is 5.64. The third-order valence-electron chi connectivity index (χ3n) is 2.36. The minimum atomic E-state index is 0.382. The van der Waals surface area contributed by atoms with Crippen molar-refractivity contribution in [1.82, 2.24) is 4.90 Å². The molecule has 0 amide bonds. The van der Waals surface area contributed by atoms with Crippen molar-refractivity contribution in [2.24, 2.45) is 0 Å². The topological polar surface area (TPSA) is 25.0 Å². The number of ether oxygens (including phenoxy) is 2. The highest BCUT2D eigenvalue weighted by atomic mass is 16.6. The SMILES string of the molecule is CC1CN(C[C@@H]2CO2)CC(C)O1. The van der Waals surface area contributed by atoms with E-state index in [9.17, 15) is 0 Å². The third kappa shape index (κ3) is 2.19. The maximum atomic E-state index is 5.64. The molecular formula is C9H17NO2. The summed E-state index contributed by atoms with van der Waals surface area (Å²) in [5.41, 5.74) is 0. The summed E-state index contributed by atoms with van der Waals surface area (Å²) in [6.45, 7) is 8.44. The van der Waals surface area contributed by atoms with E-state index < -0.39 is 0 Å². The van der Waals surface area contributed by atoms with Crippen molar-refractivity contribution in [3.63, 3.8) is 0 Å². The van der Waals surface area contributed by atoms with Gasteiger partial charge in [0.2, 0.25) is 0 Å². The molecule has 2 rings (SSSR count). The predicted octanol–water partition coefficient (Wildman–Crippen LogP) is 0.494. The second-order valence-electron chi connectivity index (χ2n) is 3.93. The molecule has 2 heterocycles. The highest BCUT2D eigenvalue weighted by Gasteiger charge is 2.29. The third-order valence-corrected chi connectivity index (χ3v) is 2.36. The summed E-state index contributed by atoms with van der Waals surface area (Å²) in [6.07, 6.45) is 1.28. The van der Waals surface area contributed by atoms with Gasteiger partial charge in [0.1, 0.15) is 0 Å². The fourth-order valence-electron chi connectivity index (χ4n) is 1.89. The van der Waals surface area contributed by atoms with Gasteiger partial charge in [-0.2, -0.15) is 0 Å². The first-order valence-corrected chi connectivity index (χ1v) is 4.73. The molecule has 0 aromatic heterocycles. The number of epoxide rings is 1. The smallest absolute Gasteiger partial charge is 0.0936 e. The van der Waals surface area contributed by atoms with Crippen LogP contribution in [-0.4, -0.2) is 49.5 Å². The van der Waals surface area contributed by atoms with Crippen LogP contribution in [0.15, 0.2) is 0 Å². The molecule has 0 spiro atoms. The zero-order valence-electron chi connectivity index (χ0n) is 7.82. The summed E-state index contributed by atoms with van der Waals surface area (Å²) in [5, 5.41) is 0.